The monoisotopic (exact) mass is 290 g/mol. The standard InChI is InChI=1S/C17H26N2S/c1-12-13(2)20-15(19-12)10-17(11-18)8-6-14(7-9-17)16(3,4)5/h14H,6-10H2,1-5H3. The number of nitriles is 1. The van der Waals surface area contributed by atoms with Crippen LogP contribution in [0.2, 0.25) is 0 Å². The fourth-order valence-electron chi connectivity index (χ4n) is 3.27. The third-order valence-electron chi connectivity index (χ3n) is 4.97. The summed E-state index contributed by atoms with van der Waals surface area (Å²) < 4.78 is 0. The highest BCUT2D eigenvalue weighted by molar-refractivity contribution is 7.11. The highest BCUT2D eigenvalue weighted by Gasteiger charge is 2.39. The molecule has 1 heterocycles. The van der Waals surface area contributed by atoms with Crippen molar-refractivity contribution in [1.29, 1.82) is 5.26 Å². The van der Waals surface area contributed by atoms with E-state index in [1.165, 1.54) is 17.7 Å². The summed E-state index contributed by atoms with van der Waals surface area (Å²) in [6.45, 7) is 11.1. The molecule has 2 rings (SSSR count). The molecule has 110 valence electrons. The Balaban J connectivity index is 2.08. The number of thiazole rings is 1. The zero-order valence-corrected chi connectivity index (χ0v) is 14.2. The van der Waals surface area contributed by atoms with Gasteiger partial charge in [-0.2, -0.15) is 5.26 Å². The quantitative estimate of drug-likeness (QED) is 0.764. The molecule has 1 aromatic heterocycles. The van der Waals surface area contributed by atoms with Crippen LogP contribution in [0.3, 0.4) is 0 Å². The van der Waals surface area contributed by atoms with E-state index in [0.29, 0.717) is 5.41 Å². The lowest BCUT2D eigenvalue weighted by atomic mass is 9.63. The maximum atomic E-state index is 9.69. The van der Waals surface area contributed by atoms with E-state index in [1.807, 2.05) is 0 Å². The first kappa shape index (κ1) is 15.5. The van der Waals surface area contributed by atoms with Crippen LogP contribution in [-0.4, -0.2) is 4.98 Å². The smallest absolute Gasteiger partial charge is 0.0946 e. The Morgan fingerprint density at radius 1 is 1.30 bits per heavy atom. The van der Waals surface area contributed by atoms with E-state index in [2.05, 4.69) is 45.7 Å². The van der Waals surface area contributed by atoms with Gasteiger partial charge in [0.15, 0.2) is 0 Å². The second-order valence-corrected chi connectivity index (χ2v) is 8.75. The molecule has 3 heteroatoms. The van der Waals surface area contributed by atoms with Gasteiger partial charge in [0.1, 0.15) is 0 Å². The Bertz CT molecular complexity index is 489. The summed E-state index contributed by atoms with van der Waals surface area (Å²) in [4.78, 5) is 5.92. The second-order valence-electron chi connectivity index (χ2n) is 7.46. The molecule has 1 aliphatic carbocycles. The average Bonchev–Trinajstić information content (AvgIpc) is 2.67. The van der Waals surface area contributed by atoms with E-state index in [0.717, 1.165) is 35.9 Å². The number of hydrogen-bond donors (Lipinski definition) is 0. The van der Waals surface area contributed by atoms with Crippen LogP contribution in [0, 0.1) is 41.9 Å². The molecule has 2 nitrogen and oxygen atoms in total. The summed E-state index contributed by atoms with van der Waals surface area (Å²) in [6.07, 6.45) is 5.27. The molecule has 0 amide bonds. The normalized spacial score (nSPS) is 27.3. The molecule has 1 aromatic rings. The van der Waals surface area contributed by atoms with E-state index < -0.39 is 0 Å². The number of nitrogens with zero attached hydrogens (tertiary/aromatic N) is 2. The fraction of sp³-hybridized carbons (Fsp3) is 0.765. The molecule has 0 saturated heterocycles. The van der Waals surface area contributed by atoms with Crippen LogP contribution in [0.5, 0.6) is 0 Å². The third kappa shape index (κ3) is 3.23. The maximum absolute atomic E-state index is 9.69. The average molecular weight is 290 g/mol. The van der Waals surface area contributed by atoms with Gasteiger partial charge in [0.25, 0.3) is 0 Å². The molecule has 0 aromatic carbocycles. The van der Waals surface area contributed by atoms with Gasteiger partial charge in [-0.25, -0.2) is 4.98 Å². The van der Waals surface area contributed by atoms with Crippen LogP contribution in [0.25, 0.3) is 0 Å². The van der Waals surface area contributed by atoms with Gasteiger partial charge >= 0.3 is 0 Å². The second kappa shape index (κ2) is 5.48. The molecule has 0 bridgehead atoms. The lowest BCUT2D eigenvalue weighted by Crippen LogP contribution is -2.33. The van der Waals surface area contributed by atoms with Gasteiger partial charge in [0, 0.05) is 11.3 Å². The largest absolute Gasteiger partial charge is 0.246 e. The lowest BCUT2D eigenvalue weighted by Gasteiger charge is -2.40. The van der Waals surface area contributed by atoms with Crippen LogP contribution >= 0.6 is 11.3 Å². The first-order valence-corrected chi connectivity index (χ1v) is 8.41. The SMILES string of the molecule is Cc1nc(CC2(C#N)CCC(C(C)(C)C)CC2)sc1C. The van der Waals surface area contributed by atoms with Gasteiger partial charge in [0.05, 0.1) is 22.2 Å². The molecule has 1 aliphatic rings. The molecule has 0 N–H and O–H groups in total. The number of aromatic nitrogens is 1. The van der Waals surface area contributed by atoms with Gasteiger partial charge in [-0.3, -0.25) is 0 Å². The first-order valence-electron chi connectivity index (χ1n) is 7.60. The van der Waals surface area contributed by atoms with Crippen molar-refractivity contribution in [2.45, 2.75) is 66.7 Å². The minimum Gasteiger partial charge on any atom is -0.246 e. The zero-order chi connectivity index (χ0) is 15.0. The van der Waals surface area contributed by atoms with Crippen molar-refractivity contribution < 1.29 is 0 Å². The summed E-state index contributed by atoms with van der Waals surface area (Å²) in [5.74, 6) is 0.753. The van der Waals surface area contributed by atoms with Gasteiger partial charge < -0.3 is 0 Å². The van der Waals surface area contributed by atoms with Crippen LogP contribution in [0.15, 0.2) is 0 Å². The molecule has 1 fully saturated rings. The Morgan fingerprint density at radius 2 is 1.90 bits per heavy atom. The van der Waals surface area contributed by atoms with Crippen molar-refractivity contribution in [3.05, 3.63) is 15.6 Å². The molecule has 0 aliphatic heterocycles. The first-order chi connectivity index (χ1) is 9.26. The van der Waals surface area contributed by atoms with Crippen molar-refractivity contribution in [2.75, 3.05) is 0 Å². The molecule has 0 radical (unpaired) electrons. The molecular formula is C17H26N2S. The molecule has 0 atom stereocenters. The predicted octanol–water partition coefficient (Wildman–Crippen LogP) is 5.05. The third-order valence-corrected chi connectivity index (χ3v) is 6.04. The Hall–Kier alpha value is -0.880. The molecule has 0 spiro atoms. The predicted molar refractivity (Wildman–Crippen MR) is 84.8 cm³/mol. The van der Waals surface area contributed by atoms with Crippen molar-refractivity contribution in [1.82, 2.24) is 4.98 Å². The van der Waals surface area contributed by atoms with Crippen molar-refractivity contribution in [3.63, 3.8) is 0 Å². The lowest BCUT2D eigenvalue weighted by molar-refractivity contribution is 0.120. The fourth-order valence-corrected chi connectivity index (χ4v) is 4.35. The molecule has 0 unspecified atom stereocenters. The zero-order valence-electron chi connectivity index (χ0n) is 13.4. The summed E-state index contributed by atoms with van der Waals surface area (Å²) in [5.41, 5.74) is 1.33. The summed E-state index contributed by atoms with van der Waals surface area (Å²) in [7, 11) is 0. The maximum Gasteiger partial charge on any atom is 0.0946 e. The van der Waals surface area contributed by atoms with Crippen LogP contribution in [0.1, 0.15) is 62.0 Å². The number of hydrogen-bond acceptors (Lipinski definition) is 3. The van der Waals surface area contributed by atoms with E-state index >= 15 is 0 Å². The summed E-state index contributed by atoms with van der Waals surface area (Å²) in [6, 6.07) is 2.63. The highest BCUT2D eigenvalue weighted by atomic mass is 32.1. The molecular weight excluding hydrogens is 264 g/mol. The number of rotatable bonds is 2. The van der Waals surface area contributed by atoms with Gasteiger partial charge in [-0.05, 0) is 50.9 Å². The van der Waals surface area contributed by atoms with Crippen molar-refractivity contribution in [2.24, 2.45) is 16.7 Å². The van der Waals surface area contributed by atoms with E-state index in [1.54, 1.807) is 11.3 Å². The van der Waals surface area contributed by atoms with Crippen LogP contribution < -0.4 is 0 Å². The minimum atomic E-state index is -0.168. The topological polar surface area (TPSA) is 36.7 Å². The van der Waals surface area contributed by atoms with Gasteiger partial charge in [-0.15, -0.1) is 11.3 Å². The van der Waals surface area contributed by atoms with E-state index in [9.17, 15) is 5.26 Å². The Labute approximate surface area is 127 Å². The minimum absolute atomic E-state index is 0.168. The van der Waals surface area contributed by atoms with Crippen LogP contribution in [-0.2, 0) is 6.42 Å². The Morgan fingerprint density at radius 3 is 2.30 bits per heavy atom. The van der Waals surface area contributed by atoms with Gasteiger partial charge in [-0.1, -0.05) is 20.8 Å². The van der Waals surface area contributed by atoms with Crippen LogP contribution in [0.4, 0.5) is 0 Å². The van der Waals surface area contributed by atoms with Crippen molar-refractivity contribution in [3.8, 4) is 6.07 Å². The Kier molecular flexibility index (Phi) is 4.25. The molecule has 1 saturated carbocycles. The summed E-state index contributed by atoms with van der Waals surface area (Å²) in [5, 5.41) is 10.8. The molecule has 20 heavy (non-hydrogen) atoms. The van der Waals surface area contributed by atoms with Gasteiger partial charge in [0.2, 0.25) is 0 Å². The van der Waals surface area contributed by atoms with E-state index in [-0.39, 0.29) is 5.41 Å². The van der Waals surface area contributed by atoms with Crippen molar-refractivity contribution >= 4 is 11.3 Å². The van der Waals surface area contributed by atoms with E-state index in [4.69, 9.17) is 0 Å². The highest BCUT2D eigenvalue weighted by Crippen LogP contribution is 2.46. The number of aryl methyl sites for hydroxylation is 2. The summed E-state index contributed by atoms with van der Waals surface area (Å²) >= 11 is 1.77.